The molecule has 4 aliphatic heterocycles. The van der Waals surface area contributed by atoms with Crippen molar-refractivity contribution in [1.29, 1.82) is 0 Å². The second-order valence-electron chi connectivity index (χ2n) is 10.3. The number of hydrogen-bond acceptors (Lipinski definition) is 7. The molecule has 6 rings (SSSR count). The maximum Gasteiger partial charge on any atom is 1.00 e. The van der Waals surface area contributed by atoms with Gasteiger partial charge in [0.15, 0.2) is 11.9 Å². The number of hydrogen-bond donors (Lipinski definition) is 0. The molecule has 8 atom stereocenters. The standard InChI is InChI=1S/C24H29F3O7.Na/c1-13-4-9-18-14(2)23(24(25,26)27,30-12-15-5-7-16(8-6-15)19(28)29)32-20-22(18)17(13)10-11-21(3,31-20)33-34-22;/h5-8,13-14,17-18,20H,4,9-12H2,1-3H3,(H,28,29);/q;+1/p-1/t13-,14-,17+,18+,20?,21+,22-,23-;/m1./s1. The third-order valence-electron chi connectivity index (χ3n) is 8.30. The number of benzene rings is 1. The fourth-order valence-electron chi connectivity index (χ4n) is 6.42. The molecule has 2 bridgehead atoms. The van der Waals surface area contributed by atoms with Crippen LogP contribution in [0.25, 0.3) is 0 Å². The summed E-state index contributed by atoms with van der Waals surface area (Å²) < 4.78 is 61.7. The summed E-state index contributed by atoms with van der Waals surface area (Å²) in [6.07, 6.45) is -3.75. The first-order chi connectivity index (χ1) is 15.9. The molecular weight excluding hydrogens is 480 g/mol. The van der Waals surface area contributed by atoms with Gasteiger partial charge in [0.2, 0.25) is 5.79 Å². The van der Waals surface area contributed by atoms with E-state index in [1.165, 1.54) is 31.2 Å². The molecule has 0 radical (unpaired) electrons. The van der Waals surface area contributed by atoms with E-state index >= 15 is 0 Å². The SMILES string of the molecule is C[C@@H]1CC[C@H]2[C@@H](C)[C@](OCc3ccc(C(=O)[O-])cc3)(C(F)(F)F)OC3O[C@]4(C)CC[C@@H]1[C@]32OO4.[Na+]. The van der Waals surface area contributed by atoms with Gasteiger partial charge in [0, 0.05) is 18.3 Å². The smallest absolute Gasteiger partial charge is 0.545 e. The second-order valence-corrected chi connectivity index (χ2v) is 10.3. The van der Waals surface area contributed by atoms with E-state index in [1.54, 1.807) is 6.92 Å². The first-order valence-corrected chi connectivity index (χ1v) is 11.7. The molecule has 188 valence electrons. The Hall–Kier alpha value is -0.720. The van der Waals surface area contributed by atoms with Gasteiger partial charge in [-0.3, -0.25) is 0 Å². The van der Waals surface area contributed by atoms with Gasteiger partial charge in [-0.1, -0.05) is 38.1 Å². The number of rotatable bonds is 4. The molecule has 5 fully saturated rings. The van der Waals surface area contributed by atoms with Crippen LogP contribution in [-0.4, -0.2) is 35.6 Å². The fraction of sp³-hybridized carbons (Fsp3) is 0.708. The van der Waals surface area contributed by atoms with Crippen LogP contribution < -0.4 is 34.7 Å². The predicted octanol–water partition coefficient (Wildman–Crippen LogP) is 0.711. The number of carbonyl (C=O) groups excluding carboxylic acids is 1. The third-order valence-corrected chi connectivity index (χ3v) is 8.30. The molecule has 1 aromatic carbocycles. The van der Waals surface area contributed by atoms with Crippen molar-refractivity contribution in [2.24, 2.45) is 23.7 Å². The minimum atomic E-state index is -4.87. The molecule has 35 heavy (non-hydrogen) atoms. The summed E-state index contributed by atoms with van der Waals surface area (Å²) in [7, 11) is 0. The number of alkyl halides is 3. The Morgan fingerprint density at radius 2 is 1.77 bits per heavy atom. The molecule has 11 heteroatoms. The minimum Gasteiger partial charge on any atom is -0.545 e. The van der Waals surface area contributed by atoms with E-state index in [9.17, 15) is 23.1 Å². The quantitative estimate of drug-likeness (QED) is 0.438. The van der Waals surface area contributed by atoms with Crippen molar-refractivity contribution in [3.05, 3.63) is 35.4 Å². The summed E-state index contributed by atoms with van der Waals surface area (Å²) in [6, 6.07) is 5.32. The fourth-order valence-corrected chi connectivity index (χ4v) is 6.42. The van der Waals surface area contributed by atoms with Crippen LogP contribution in [0, 0.1) is 23.7 Å². The molecule has 1 unspecified atom stereocenters. The number of aromatic carboxylic acids is 1. The molecule has 7 nitrogen and oxygen atoms in total. The van der Waals surface area contributed by atoms with Gasteiger partial charge < -0.3 is 24.1 Å². The zero-order valence-corrected chi connectivity index (χ0v) is 22.2. The number of carboxylic acids is 1. The Bertz CT molecular complexity index is 959. The zero-order chi connectivity index (χ0) is 24.5. The Balaban J connectivity index is 0.00000289. The Labute approximate surface area is 223 Å². The average molecular weight is 508 g/mol. The van der Waals surface area contributed by atoms with Gasteiger partial charge in [0.05, 0.1) is 12.6 Å². The second kappa shape index (κ2) is 9.23. The number of carbonyl (C=O) groups is 1. The van der Waals surface area contributed by atoms with Crippen molar-refractivity contribution in [1.82, 2.24) is 0 Å². The van der Waals surface area contributed by atoms with Gasteiger partial charge in [-0.05, 0) is 49.1 Å². The summed E-state index contributed by atoms with van der Waals surface area (Å²) in [4.78, 5) is 22.6. The summed E-state index contributed by atoms with van der Waals surface area (Å²) in [5, 5.41) is 11.0. The molecule has 1 aromatic rings. The Kier molecular flexibility index (Phi) is 7.21. The maximum absolute atomic E-state index is 14.8. The molecular formula is C24H28F3NaO7. The third kappa shape index (κ3) is 4.18. The molecule has 1 spiro atoms. The maximum atomic E-state index is 14.8. The summed E-state index contributed by atoms with van der Waals surface area (Å²) in [5.74, 6) is -7.07. The van der Waals surface area contributed by atoms with Crippen molar-refractivity contribution in [2.45, 2.75) is 82.7 Å². The molecule has 5 aliphatic rings. The number of halogens is 3. The molecule has 0 aromatic heterocycles. The molecule has 4 saturated heterocycles. The van der Waals surface area contributed by atoms with E-state index in [0.717, 1.165) is 6.42 Å². The molecule has 4 heterocycles. The topological polar surface area (TPSA) is 86.3 Å². The van der Waals surface area contributed by atoms with Crippen molar-refractivity contribution < 1.29 is 76.6 Å². The normalized spacial score (nSPS) is 42.5. The van der Waals surface area contributed by atoms with E-state index in [2.05, 4.69) is 6.92 Å². The average Bonchev–Trinajstić information content (AvgIpc) is 3.00. The number of ether oxygens (including phenoxy) is 3. The first kappa shape index (κ1) is 27.3. The first-order valence-electron chi connectivity index (χ1n) is 11.7. The summed E-state index contributed by atoms with van der Waals surface area (Å²) in [5.41, 5.74) is -0.856. The molecule has 0 amide bonds. The van der Waals surface area contributed by atoms with Crippen LogP contribution in [0.5, 0.6) is 0 Å². The van der Waals surface area contributed by atoms with Crippen molar-refractivity contribution in [3.8, 4) is 0 Å². The van der Waals surface area contributed by atoms with Gasteiger partial charge in [0.25, 0.3) is 5.79 Å². The van der Waals surface area contributed by atoms with Gasteiger partial charge in [-0.2, -0.15) is 13.2 Å². The van der Waals surface area contributed by atoms with Crippen LogP contribution in [-0.2, 0) is 30.6 Å². The van der Waals surface area contributed by atoms with Gasteiger partial charge in [-0.15, -0.1) is 0 Å². The van der Waals surface area contributed by atoms with E-state index in [1.807, 2.05) is 0 Å². The van der Waals surface area contributed by atoms with E-state index < -0.39 is 54.1 Å². The van der Waals surface area contributed by atoms with Crippen LogP contribution >= 0.6 is 0 Å². The zero-order valence-electron chi connectivity index (χ0n) is 20.2. The summed E-state index contributed by atoms with van der Waals surface area (Å²) >= 11 is 0. The van der Waals surface area contributed by atoms with Crippen LogP contribution in [0.2, 0.25) is 0 Å². The van der Waals surface area contributed by atoms with Gasteiger partial charge in [-0.25, -0.2) is 9.78 Å². The van der Waals surface area contributed by atoms with E-state index in [-0.39, 0.29) is 47.0 Å². The Morgan fingerprint density at radius 3 is 2.40 bits per heavy atom. The van der Waals surface area contributed by atoms with Crippen molar-refractivity contribution in [3.63, 3.8) is 0 Å². The van der Waals surface area contributed by atoms with Gasteiger partial charge >= 0.3 is 35.7 Å². The molecule has 0 N–H and O–H groups in total. The molecule has 1 aliphatic carbocycles. The number of fused-ring (bicyclic) bond motifs is 2. The summed E-state index contributed by atoms with van der Waals surface area (Å²) in [6.45, 7) is 4.78. The largest absolute Gasteiger partial charge is 1.00 e. The predicted molar refractivity (Wildman–Crippen MR) is 107 cm³/mol. The van der Waals surface area contributed by atoms with Crippen LogP contribution in [0.15, 0.2) is 24.3 Å². The van der Waals surface area contributed by atoms with E-state index in [0.29, 0.717) is 24.8 Å². The van der Waals surface area contributed by atoms with Crippen LogP contribution in [0.1, 0.15) is 62.4 Å². The van der Waals surface area contributed by atoms with Crippen LogP contribution in [0.3, 0.4) is 0 Å². The molecule has 1 saturated carbocycles. The monoisotopic (exact) mass is 508 g/mol. The number of carboxylic acid groups (broad SMARTS) is 1. The van der Waals surface area contributed by atoms with Gasteiger partial charge in [0.1, 0.15) is 0 Å². The van der Waals surface area contributed by atoms with E-state index in [4.69, 9.17) is 24.0 Å². The van der Waals surface area contributed by atoms with Crippen molar-refractivity contribution >= 4 is 5.97 Å². The van der Waals surface area contributed by atoms with Crippen molar-refractivity contribution in [2.75, 3.05) is 0 Å². The van der Waals surface area contributed by atoms with Crippen LogP contribution in [0.4, 0.5) is 13.2 Å². The Morgan fingerprint density at radius 1 is 1.09 bits per heavy atom. The minimum absolute atomic E-state index is 0.